The highest BCUT2D eigenvalue weighted by molar-refractivity contribution is 8.00. The molecular weight excluding hydrogens is 494 g/mol. The Morgan fingerprint density at radius 2 is 1.39 bits per heavy atom. The summed E-state index contributed by atoms with van der Waals surface area (Å²) in [5.74, 6) is 0.310. The number of hydrogen-bond donors (Lipinski definition) is 3. The maximum atomic E-state index is 13.4. The minimum Gasteiger partial charge on any atom is -0.495 e. The molecule has 0 aliphatic carbocycles. The molecule has 0 heterocycles. The lowest BCUT2D eigenvalue weighted by atomic mass is 10.1. The number of carbonyl (C=O) groups excluding carboxylic acids is 2. The van der Waals surface area contributed by atoms with Crippen molar-refractivity contribution >= 4 is 52.4 Å². The van der Waals surface area contributed by atoms with Crippen LogP contribution in [0.1, 0.15) is 10.8 Å². The molecule has 4 aromatic rings. The molecule has 0 radical (unpaired) electrons. The standard InChI is InChI=1S/C28H24ClN3O3S/c1-35-25-17-12-20(29)18-24(25)32-27(33)26(19-8-4-2-5-9-19)36-23-15-13-22(14-16-23)31-28(34)30-21-10-6-3-7-11-21/h2-18,26H,1H3,(H,32,33)(H2,30,31,34). The Hall–Kier alpha value is -3.94. The van der Waals surface area contributed by atoms with Crippen molar-refractivity contribution in [2.24, 2.45) is 0 Å². The third-order valence-electron chi connectivity index (χ3n) is 5.16. The van der Waals surface area contributed by atoms with Crippen molar-refractivity contribution in [1.82, 2.24) is 0 Å². The molecule has 3 amide bonds. The van der Waals surface area contributed by atoms with Crippen molar-refractivity contribution in [1.29, 1.82) is 0 Å². The van der Waals surface area contributed by atoms with E-state index >= 15 is 0 Å². The van der Waals surface area contributed by atoms with E-state index in [1.54, 1.807) is 30.3 Å². The quantitative estimate of drug-likeness (QED) is 0.212. The van der Waals surface area contributed by atoms with E-state index in [1.807, 2.05) is 72.8 Å². The van der Waals surface area contributed by atoms with Crippen LogP contribution in [0, 0.1) is 0 Å². The molecule has 3 N–H and O–H groups in total. The van der Waals surface area contributed by atoms with Gasteiger partial charge in [0.15, 0.2) is 0 Å². The summed E-state index contributed by atoms with van der Waals surface area (Å²) >= 11 is 7.54. The highest BCUT2D eigenvalue weighted by Crippen LogP contribution is 2.38. The number of methoxy groups -OCH3 is 1. The van der Waals surface area contributed by atoms with Gasteiger partial charge in [-0.2, -0.15) is 0 Å². The number of rotatable bonds is 8. The first kappa shape index (κ1) is 25.2. The molecular formula is C28H24ClN3O3S. The number of hydrogen-bond acceptors (Lipinski definition) is 4. The number of para-hydroxylation sites is 1. The van der Waals surface area contributed by atoms with Gasteiger partial charge in [0.2, 0.25) is 5.91 Å². The maximum absolute atomic E-state index is 13.4. The fourth-order valence-electron chi connectivity index (χ4n) is 3.44. The third kappa shape index (κ3) is 6.81. The van der Waals surface area contributed by atoms with Crippen LogP contribution in [-0.2, 0) is 4.79 Å². The maximum Gasteiger partial charge on any atom is 0.323 e. The summed E-state index contributed by atoms with van der Waals surface area (Å²) < 4.78 is 5.37. The minimum atomic E-state index is -0.532. The van der Waals surface area contributed by atoms with Gasteiger partial charge in [-0.15, -0.1) is 11.8 Å². The van der Waals surface area contributed by atoms with Gasteiger partial charge in [-0.1, -0.05) is 60.1 Å². The Kier molecular flexibility index (Phi) is 8.49. The first-order chi connectivity index (χ1) is 17.5. The molecule has 4 rings (SSSR count). The number of thioether (sulfide) groups is 1. The Morgan fingerprint density at radius 1 is 0.778 bits per heavy atom. The van der Waals surface area contributed by atoms with Crippen LogP contribution in [0.25, 0.3) is 0 Å². The fraction of sp³-hybridized carbons (Fsp3) is 0.0714. The van der Waals surface area contributed by atoms with Gasteiger partial charge in [-0.3, -0.25) is 4.79 Å². The van der Waals surface area contributed by atoms with Crippen LogP contribution in [0.3, 0.4) is 0 Å². The van der Waals surface area contributed by atoms with Gasteiger partial charge in [0.25, 0.3) is 0 Å². The lowest BCUT2D eigenvalue weighted by Crippen LogP contribution is -2.19. The molecule has 0 aliphatic heterocycles. The van der Waals surface area contributed by atoms with Crippen molar-refractivity contribution < 1.29 is 14.3 Å². The highest BCUT2D eigenvalue weighted by atomic mass is 35.5. The van der Waals surface area contributed by atoms with E-state index < -0.39 is 5.25 Å². The van der Waals surface area contributed by atoms with Gasteiger partial charge in [-0.25, -0.2) is 4.79 Å². The van der Waals surface area contributed by atoms with Crippen LogP contribution < -0.4 is 20.7 Å². The molecule has 8 heteroatoms. The summed E-state index contributed by atoms with van der Waals surface area (Å²) in [6, 6.07) is 30.8. The average molecular weight is 518 g/mol. The molecule has 0 spiro atoms. The average Bonchev–Trinajstić information content (AvgIpc) is 2.89. The molecule has 182 valence electrons. The Morgan fingerprint density at radius 3 is 2.03 bits per heavy atom. The number of anilines is 3. The zero-order chi connectivity index (χ0) is 25.3. The summed E-state index contributed by atoms with van der Waals surface area (Å²) in [6.07, 6.45) is 0. The van der Waals surface area contributed by atoms with Crippen molar-refractivity contribution in [3.05, 3.63) is 114 Å². The summed E-state index contributed by atoms with van der Waals surface area (Å²) in [5, 5.41) is 8.50. The van der Waals surface area contributed by atoms with Crippen LogP contribution in [-0.4, -0.2) is 19.0 Å². The van der Waals surface area contributed by atoms with Gasteiger partial charge in [0.1, 0.15) is 11.0 Å². The SMILES string of the molecule is COc1ccc(Cl)cc1NC(=O)C(Sc1ccc(NC(=O)Nc2ccccc2)cc1)c1ccccc1. The van der Waals surface area contributed by atoms with Crippen LogP contribution in [0.15, 0.2) is 108 Å². The number of urea groups is 1. The number of halogens is 1. The molecule has 36 heavy (non-hydrogen) atoms. The zero-order valence-electron chi connectivity index (χ0n) is 19.4. The lowest BCUT2D eigenvalue weighted by Gasteiger charge is -2.18. The van der Waals surface area contributed by atoms with Crippen LogP contribution in [0.4, 0.5) is 21.9 Å². The van der Waals surface area contributed by atoms with Crippen LogP contribution in [0.2, 0.25) is 5.02 Å². The molecule has 1 atom stereocenters. The molecule has 0 fully saturated rings. The molecule has 6 nitrogen and oxygen atoms in total. The molecule has 0 aliphatic rings. The summed E-state index contributed by atoms with van der Waals surface area (Å²) in [4.78, 5) is 26.5. The van der Waals surface area contributed by atoms with E-state index in [0.29, 0.717) is 27.8 Å². The van der Waals surface area contributed by atoms with Gasteiger partial charge in [-0.05, 0) is 60.2 Å². The minimum absolute atomic E-state index is 0.212. The van der Waals surface area contributed by atoms with Crippen LogP contribution in [0.5, 0.6) is 5.75 Å². The normalized spacial score (nSPS) is 11.3. The second kappa shape index (κ2) is 12.2. The molecule has 4 aromatic carbocycles. The van der Waals surface area contributed by atoms with E-state index in [-0.39, 0.29) is 11.9 Å². The summed E-state index contributed by atoms with van der Waals surface area (Å²) in [7, 11) is 1.54. The number of nitrogens with one attached hydrogen (secondary N) is 3. The van der Waals surface area contributed by atoms with E-state index in [0.717, 1.165) is 10.5 Å². The number of amides is 3. The lowest BCUT2D eigenvalue weighted by molar-refractivity contribution is -0.115. The van der Waals surface area contributed by atoms with E-state index in [1.165, 1.54) is 18.9 Å². The third-order valence-corrected chi connectivity index (χ3v) is 6.66. The summed E-state index contributed by atoms with van der Waals surface area (Å²) in [6.45, 7) is 0. The van der Waals surface area contributed by atoms with Crippen molar-refractivity contribution in [2.75, 3.05) is 23.1 Å². The van der Waals surface area contributed by atoms with E-state index in [2.05, 4.69) is 16.0 Å². The predicted molar refractivity (Wildman–Crippen MR) is 147 cm³/mol. The topological polar surface area (TPSA) is 79.5 Å². The Balaban J connectivity index is 1.47. The molecule has 0 saturated heterocycles. The van der Waals surface area contributed by atoms with Gasteiger partial charge >= 0.3 is 6.03 Å². The second-order valence-electron chi connectivity index (χ2n) is 7.71. The number of benzene rings is 4. The Bertz CT molecular complexity index is 1320. The largest absolute Gasteiger partial charge is 0.495 e. The first-order valence-corrected chi connectivity index (χ1v) is 12.4. The number of ether oxygens (including phenoxy) is 1. The Labute approximate surface area is 219 Å². The summed E-state index contributed by atoms with van der Waals surface area (Å²) in [5.41, 5.74) is 2.69. The van der Waals surface area contributed by atoms with Gasteiger partial charge in [0, 0.05) is 21.3 Å². The second-order valence-corrected chi connectivity index (χ2v) is 9.33. The van der Waals surface area contributed by atoms with Crippen molar-refractivity contribution in [3.8, 4) is 5.75 Å². The predicted octanol–water partition coefficient (Wildman–Crippen LogP) is 7.46. The van der Waals surface area contributed by atoms with Crippen LogP contribution >= 0.6 is 23.4 Å². The molecule has 0 saturated carbocycles. The number of carbonyl (C=O) groups is 2. The fourth-order valence-corrected chi connectivity index (χ4v) is 4.64. The molecule has 1 unspecified atom stereocenters. The van der Waals surface area contributed by atoms with E-state index in [9.17, 15) is 9.59 Å². The smallest absolute Gasteiger partial charge is 0.323 e. The monoisotopic (exact) mass is 517 g/mol. The van der Waals surface area contributed by atoms with Gasteiger partial charge < -0.3 is 20.7 Å². The highest BCUT2D eigenvalue weighted by Gasteiger charge is 2.23. The molecule has 0 bridgehead atoms. The first-order valence-electron chi connectivity index (χ1n) is 11.1. The van der Waals surface area contributed by atoms with Crippen molar-refractivity contribution in [2.45, 2.75) is 10.1 Å². The van der Waals surface area contributed by atoms with E-state index in [4.69, 9.17) is 16.3 Å². The van der Waals surface area contributed by atoms with Gasteiger partial charge in [0.05, 0.1) is 12.8 Å². The zero-order valence-corrected chi connectivity index (χ0v) is 21.0. The molecule has 0 aromatic heterocycles. The van der Waals surface area contributed by atoms with Crippen molar-refractivity contribution in [3.63, 3.8) is 0 Å².